The van der Waals surface area contributed by atoms with Gasteiger partial charge >= 0.3 is 7.12 Å². The molecule has 0 spiro atoms. The van der Waals surface area contributed by atoms with Crippen LogP contribution in [0.4, 0.5) is 0 Å². The third kappa shape index (κ3) is 15.1. The zero-order valence-electron chi connectivity index (χ0n) is 30.4. The van der Waals surface area contributed by atoms with Crippen LogP contribution in [0.5, 0.6) is 0 Å². The number of unbranched alkanes of at least 4 members (excludes halogenated alkanes) is 2. The molecular weight excluding hydrogens is 653 g/mol. The Balaban J connectivity index is 2.01. The maximum absolute atomic E-state index is 13.3. The minimum absolute atomic E-state index is 0.192. The summed E-state index contributed by atoms with van der Waals surface area (Å²) in [4.78, 5) is 52.3. The van der Waals surface area contributed by atoms with Crippen molar-refractivity contribution < 1.29 is 34.3 Å². The van der Waals surface area contributed by atoms with Crippen LogP contribution in [-0.4, -0.2) is 95.2 Å². The maximum atomic E-state index is 13.3. The zero-order valence-corrected chi connectivity index (χ0v) is 30.4. The first-order chi connectivity index (χ1) is 24.3. The Hall–Kier alpha value is -3.86. The number of aliphatic hydroxyl groups excluding tert-OH is 1. The molecule has 2 aromatic carbocycles. The maximum Gasteiger partial charge on any atom is 0.475 e. The van der Waals surface area contributed by atoms with Crippen LogP contribution >= 0.6 is 0 Å². The molecule has 0 saturated carbocycles. The highest BCUT2D eigenvalue weighted by atomic mass is 16.4. The number of aliphatic hydroxyl groups is 1. The van der Waals surface area contributed by atoms with E-state index in [0.717, 1.165) is 36.0 Å². The van der Waals surface area contributed by atoms with Crippen LogP contribution in [0.15, 0.2) is 48.5 Å². The number of amides is 4. The average molecular weight is 712 g/mol. The van der Waals surface area contributed by atoms with Crippen molar-refractivity contribution in [3.63, 3.8) is 0 Å². The van der Waals surface area contributed by atoms with Crippen LogP contribution in [-0.2, 0) is 32.1 Å². The number of nitrogens with two attached hydrogens (primary N) is 2. The second-order valence-electron chi connectivity index (χ2n) is 13.0. The Labute approximate surface area is 302 Å². The highest BCUT2D eigenvalue weighted by Crippen LogP contribution is 2.21. The minimum atomic E-state index is -1.80. The highest BCUT2D eigenvalue weighted by molar-refractivity contribution is 6.43. The van der Waals surface area contributed by atoms with Gasteiger partial charge in [-0.25, -0.2) is 0 Å². The number of hydrogen-bond acceptors (Lipinski definition) is 10. The van der Waals surface area contributed by atoms with Crippen LogP contribution < -0.4 is 38.1 Å². The number of benzene rings is 2. The topological polar surface area (TPSA) is 241 Å². The standard InChI is InChI=1S/C36H58BN7O7/c1-5-6-9-26-11-15-28(16-12-26)29-17-13-27(14-18-29)22-40-30(19-21-39)34(47)44-32(24(3)45)36(49)41-23(2)33(46)43-31(10-7-8-20-38)35(48)42-25(4)37(50)51/h11-18,23-25,30-32,40,45,50-51H,5-10,19-22,38-39H2,1-4H3,(H,41,49)(H,42,48)(H,43,46)(H,44,47)/t23-,24+,25-,30-,31-,32-/m0/s1. The van der Waals surface area contributed by atoms with Crippen LogP contribution in [0.2, 0.25) is 0 Å². The summed E-state index contributed by atoms with van der Waals surface area (Å²) in [6.07, 6.45) is 3.68. The summed E-state index contributed by atoms with van der Waals surface area (Å²) in [5.74, 6) is -3.66. The molecule has 2 aromatic rings. The van der Waals surface area contributed by atoms with Gasteiger partial charge in [0.15, 0.2) is 0 Å². The molecular formula is C36H58BN7O7. The summed E-state index contributed by atoms with van der Waals surface area (Å²) >= 11 is 0. The van der Waals surface area contributed by atoms with Crippen molar-refractivity contribution in [3.05, 3.63) is 59.7 Å². The Morgan fingerprint density at radius 1 is 0.686 bits per heavy atom. The van der Waals surface area contributed by atoms with E-state index in [4.69, 9.17) is 11.5 Å². The SMILES string of the molecule is CCCCc1ccc(-c2ccc(CN[C@@H](CCN)C(=O)N[C@H](C(=O)N[C@@H](C)C(=O)N[C@@H](CCCCN)C(=O)N[C@@H](C)B(O)O)[C@@H](C)O)cc2)cc1. The molecule has 12 N–H and O–H groups in total. The van der Waals surface area contributed by atoms with E-state index in [0.29, 0.717) is 25.9 Å². The number of rotatable bonds is 23. The molecule has 4 amide bonds. The summed E-state index contributed by atoms with van der Waals surface area (Å²) in [5, 5.41) is 42.4. The monoisotopic (exact) mass is 711 g/mol. The first-order valence-corrected chi connectivity index (χ1v) is 17.9. The quantitative estimate of drug-likeness (QED) is 0.0547. The van der Waals surface area contributed by atoms with Crippen LogP contribution in [0.25, 0.3) is 11.1 Å². The number of hydrogen-bond donors (Lipinski definition) is 10. The van der Waals surface area contributed by atoms with E-state index in [1.165, 1.54) is 26.3 Å². The Morgan fingerprint density at radius 2 is 1.27 bits per heavy atom. The Kier molecular flexibility index (Phi) is 19.4. The molecule has 0 aliphatic heterocycles. The summed E-state index contributed by atoms with van der Waals surface area (Å²) in [7, 11) is -1.80. The molecule has 0 radical (unpaired) electrons. The summed E-state index contributed by atoms with van der Waals surface area (Å²) in [6.45, 7) is 7.25. The van der Waals surface area contributed by atoms with Crippen molar-refractivity contribution in [2.75, 3.05) is 13.1 Å². The lowest BCUT2D eigenvalue weighted by atomic mass is 9.81. The van der Waals surface area contributed by atoms with Crippen LogP contribution in [0.3, 0.4) is 0 Å². The van der Waals surface area contributed by atoms with Gasteiger partial charge in [-0.2, -0.15) is 0 Å². The van der Waals surface area contributed by atoms with Crippen LogP contribution in [0, 0.1) is 0 Å². The average Bonchev–Trinajstić information content (AvgIpc) is 3.10. The number of carbonyl (C=O) groups excluding carboxylic acids is 4. The molecule has 15 heteroatoms. The van der Waals surface area contributed by atoms with Gasteiger partial charge in [0.05, 0.1) is 18.1 Å². The molecule has 0 bridgehead atoms. The fourth-order valence-corrected chi connectivity index (χ4v) is 5.28. The second-order valence-corrected chi connectivity index (χ2v) is 13.0. The minimum Gasteiger partial charge on any atom is -0.426 e. The lowest BCUT2D eigenvalue weighted by molar-refractivity contribution is -0.135. The van der Waals surface area contributed by atoms with Gasteiger partial charge in [-0.05, 0) is 94.6 Å². The molecule has 2 rings (SSSR count). The van der Waals surface area contributed by atoms with Crippen molar-refractivity contribution in [1.29, 1.82) is 0 Å². The molecule has 0 heterocycles. The molecule has 0 fully saturated rings. The predicted molar refractivity (Wildman–Crippen MR) is 199 cm³/mol. The van der Waals surface area contributed by atoms with E-state index in [-0.39, 0.29) is 19.4 Å². The summed E-state index contributed by atoms with van der Waals surface area (Å²) in [5.41, 5.74) is 15.8. The fourth-order valence-electron chi connectivity index (χ4n) is 5.28. The van der Waals surface area contributed by atoms with E-state index in [1.807, 2.05) is 24.3 Å². The molecule has 282 valence electrons. The fraction of sp³-hybridized carbons (Fsp3) is 0.556. The van der Waals surface area contributed by atoms with Gasteiger partial charge in [0.1, 0.15) is 18.1 Å². The van der Waals surface area contributed by atoms with E-state index in [2.05, 4.69) is 57.8 Å². The largest absolute Gasteiger partial charge is 0.475 e. The third-order valence-electron chi connectivity index (χ3n) is 8.60. The Bertz CT molecular complexity index is 1360. The first-order valence-electron chi connectivity index (χ1n) is 17.9. The van der Waals surface area contributed by atoms with Crippen molar-refractivity contribution in [1.82, 2.24) is 26.6 Å². The molecule has 0 aromatic heterocycles. The Morgan fingerprint density at radius 3 is 1.80 bits per heavy atom. The summed E-state index contributed by atoms with van der Waals surface area (Å²) in [6, 6.07) is 12.2. The van der Waals surface area contributed by atoms with E-state index in [9.17, 15) is 34.3 Å². The molecule has 0 unspecified atom stereocenters. The van der Waals surface area contributed by atoms with E-state index in [1.54, 1.807) is 0 Å². The van der Waals surface area contributed by atoms with Gasteiger partial charge in [0.25, 0.3) is 0 Å². The second kappa shape index (κ2) is 22.9. The predicted octanol–water partition coefficient (Wildman–Crippen LogP) is 0.00400. The van der Waals surface area contributed by atoms with Crippen LogP contribution in [0.1, 0.15) is 77.3 Å². The molecule has 14 nitrogen and oxygen atoms in total. The van der Waals surface area contributed by atoms with Gasteiger partial charge in [-0.3, -0.25) is 19.2 Å². The molecule has 0 saturated heterocycles. The van der Waals surface area contributed by atoms with Gasteiger partial charge in [0, 0.05) is 6.54 Å². The lowest BCUT2D eigenvalue weighted by Gasteiger charge is -2.27. The normalized spacial score (nSPS) is 14.7. The third-order valence-corrected chi connectivity index (χ3v) is 8.60. The van der Waals surface area contributed by atoms with E-state index < -0.39 is 67.0 Å². The summed E-state index contributed by atoms with van der Waals surface area (Å²) < 4.78 is 0. The van der Waals surface area contributed by atoms with Gasteiger partial charge < -0.3 is 53.2 Å². The van der Waals surface area contributed by atoms with Gasteiger partial charge in [-0.15, -0.1) is 0 Å². The van der Waals surface area contributed by atoms with Gasteiger partial charge in [0.2, 0.25) is 23.6 Å². The molecule has 6 atom stereocenters. The number of carbonyl (C=O) groups is 4. The van der Waals surface area contributed by atoms with Crippen molar-refractivity contribution >= 4 is 30.7 Å². The van der Waals surface area contributed by atoms with Crippen molar-refractivity contribution in [2.45, 2.75) is 115 Å². The number of nitrogens with one attached hydrogen (secondary N) is 5. The highest BCUT2D eigenvalue weighted by Gasteiger charge is 2.32. The smallest absolute Gasteiger partial charge is 0.426 e. The lowest BCUT2D eigenvalue weighted by Crippen LogP contribution is -2.60. The van der Waals surface area contributed by atoms with E-state index >= 15 is 0 Å². The van der Waals surface area contributed by atoms with Crippen molar-refractivity contribution in [2.24, 2.45) is 11.5 Å². The van der Waals surface area contributed by atoms with Gasteiger partial charge in [-0.1, -0.05) is 61.9 Å². The molecule has 0 aliphatic rings. The first kappa shape index (κ1) is 43.3. The number of aryl methyl sites for hydroxylation is 1. The molecule has 51 heavy (non-hydrogen) atoms. The van der Waals surface area contributed by atoms with Crippen molar-refractivity contribution in [3.8, 4) is 11.1 Å². The molecule has 0 aliphatic carbocycles. The zero-order chi connectivity index (χ0) is 37.9.